The molecule has 1 fully saturated rings. The number of rotatable bonds is 6. The number of nitrogens with zero attached hydrogens (tertiary/aromatic N) is 2. The monoisotopic (exact) mass is 292 g/mol. The molecule has 0 radical (unpaired) electrons. The zero-order valence-electron chi connectivity index (χ0n) is 13.8. The molecule has 1 saturated carbocycles. The number of ketones is 1. The lowest BCUT2D eigenvalue weighted by atomic mass is 9.77. The van der Waals surface area contributed by atoms with Crippen LogP contribution in [0, 0.1) is 17.8 Å². The minimum atomic E-state index is 0.184. The molecule has 4 nitrogen and oxygen atoms in total. The van der Waals surface area contributed by atoms with Gasteiger partial charge in [0.05, 0.1) is 6.42 Å². The van der Waals surface area contributed by atoms with Crippen LogP contribution in [0.4, 0.5) is 0 Å². The van der Waals surface area contributed by atoms with E-state index in [1.807, 2.05) is 13.8 Å². The Bertz CT molecular complexity index is 457. The SMILES string of the molecule is CC(C)CC(=O)Cc1nc(C2CCC(C(C)C)CC2)no1. The number of aromatic nitrogens is 2. The maximum absolute atomic E-state index is 11.8. The molecule has 4 heteroatoms. The zero-order valence-corrected chi connectivity index (χ0v) is 13.8. The van der Waals surface area contributed by atoms with Crippen LogP contribution in [0.2, 0.25) is 0 Å². The van der Waals surface area contributed by atoms with E-state index in [-0.39, 0.29) is 12.2 Å². The van der Waals surface area contributed by atoms with Crippen LogP contribution in [0.1, 0.15) is 77.4 Å². The van der Waals surface area contributed by atoms with Gasteiger partial charge in [0.15, 0.2) is 5.82 Å². The van der Waals surface area contributed by atoms with E-state index in [9.17, 15) is 4.79 Å². The fraction of sp³-hybridized carbons (Fsp3) is 0.824. The Balaban J connectivity index is 1.87. The van der Waals surface area contributed by atoms with Gasteiger partial charge in [-0.3, -0.25) is 4.79 Å². The van der Waals surface area contributed by atoms with E-state index in [4.69, 9.17) is 4.52 Å². The minimum absolute atomic E-state index is 0.184. The van der Waals surface area contributed by atoms with Crippen molar-refractivity contribution in [1.29, 1.82) is 0 Å². The van der Waals surface area contributed by atoms with Crippen LogP contribution >= 0.6 is 0 Å². The molecule has 2 rings (SSSR count). The Kier molecular flexibility index (Phi) is 5.54. The molecule has 0 N–H and O–H groups in total. The summed E-state index contributed by atoms with van der Waals surface area (Å²) in [5, 5.41) is 4.10. The van der Waals surface area contributed by atoms with E-state index in [0.717, 1.165) is 30.5 Å². The second kappa shape index (κ2) is 7.19. The lowest BCUT2D eigenvalue weighted by molar-refractivity contribution is -0.119. The van der Waals surface area contributed by atoms with Crippen molar-refractivity contribution in [2.75, 3.05) is 0 Å². The van der Waals surface area contributed by atoms with E-state index in [1.165, 1.54) is 12.8 Å². The summed E-state index contributed by atoms with van der Waals surface area (Å²) in [6.07, 6.45) is 5.64. The van der Waals surface area contributed by atoms with Crippen LogP contribution in [0.15, 0.2) is 4.52 Å². The number of carbonyl (C=O) groups is 1. The fourth-order valence-corrected chi connectivity index (χ4v) is 3.25. The molecule has 0 aromatic carbocycles. The van der Waals surface area contributed by atoms with E-state index >= 15 is 0 Å². The topological polar surface area (TPSA) is 56.0 Å². The summed E-state index contributed by atoms with van der Waals surface area (Å²) < 4.78 is 5.26. The average molecular weight is 292 g/mol. The molecule has 1 aromatic heterocycles. The van der Waals surface area contributed by atoms with Gasteiger partial charge >= 0.3 is 0 Å². The maximum Gasteiger partial charge on any atom is 0.234 e. The fourth-order valence-electron chi connectivity index (χ4n) is 3.25. The van der Waals surface area contributed by atoms with Crippen LogP contribution in [-0.2, 0) is 11.2 Å². The molecular formula is C17H28N2O2. The number of hydrogen-bond donors (Lipinski definition) is 0. The first kappa shape index (κ1) is 16.2. The second-order valence-electron chi connectivity index (χ2n) is 7.22. The van der Waals surface area contributed by atoms with Crippen LogP contribution < -0.4 is 0 Å². The van der Waals surface area contributed by atoms with Crippen molar-refractivity contribution in [1.82, 2.24) is 10.1 Å². The summed E-state index contributed by atoms with van der Waals surface area (Å²) in [5.41, 5.74) is 0. The van der Waals surface area contributed by atoms with Crippen LogP contribution in [-0.4, -0.2) is 15.9 Å². The standard InChI is InChI=1S/C17H28N2O2/c1-11(2)9-15(20)10-16-18-17(19-21-16)14-7-5-13(6-8-14)12(3)4/h11-14H,5-10H2,1-4H3. The maximum atomic E-state index is 11.8. The van der Waals surface area contributed by atoms with E-state index in [1.54, 1.807) is 0 Å². The highest BCUT2D eigenvalue weighted by Crippen LogP contribution is 2.37. The summed E-state index contributed by atoms with van der Waals surface area (Å²) in [7, 11) is 0. The normalized spacial score (nSPS) is 23.0. The first-order valence-electron chi connectivity index (χ1n) is 8.29. The third-order valence-electron chi connectivity index (χ3n) is 4.55. The van der Waals surface area contributed by atoms with Gasteiger partial charge in [0.1, 0.15) is 5.78 Å². The lowest BCUT2D eigenvalue weighted by Gasteiger charge is -2.29. The predicted octanol–water partition coefficient (Wildman–Crippen LogP) is 4.16. The van der Waals surface area contributed by atoms with E-state index in [0.29, 0.717) is 24.1 Å². The average Bonchev–Trinajstić information content (AvgIpc) is 2.86. The second-order valence-corrected chi connectivity index (χ2v) is 7.22. The van der Waals surface area contributed by atoms with Crippen molar-refractivity contribution < 1.29 is 9.32 Å². The van der Waals surface area contributed by atoms with E-state index in [2.05, 4.69) is 24.0 Å². The summed E-state index contributed by atoms with van der Waals surface area (Å²) in [4.78, 5) is 16.3. The smallest absolute Gasteiger partial charge is 0.234 e. The third-order valence-corrected chi connectivity index (χ3v) is 4.55. The summed E-state index contributed by atoms with van der Waals surface area (Å²) in [6.45, 7) is 8.70. The number of hydrogen-bond acceptors (Lipinski definition) is 4. The Morgan fingerprint density at radius 3 is 2.43 bits per heavy atom. The molecule has 118 valence electrons. The molecule has 0 saturated heterocycles. The van der Waals surface area contributed by atoms with Crippen molar-refractivity contribution in [3.63, 3.8) is 0 Å². The molecule has 0 unspecified atom stereocenters. The summed E-state index contributed by atoms with van der Waals surface area (Å²) in [5.74, 6) is 3.87. The minimum Gasteiger partial charge on any atom is -0.339 e. The van der Waals surface area contributed by atoms with Gasteiger partial charge in [-0.1, -0.05) is 32.9 Å². The number of carbonyl (C=O) groups excluding carboxylic acids is 1. The largest absolute Gasteiger partial charge is 0.339 e. The van der Waals surface area contributed by atoms with Crippen molar-refractivity contribution in [2.45, 2.75) is 72.1 Å². The quantitative estimate of drug-likeness (QED) is 0.790. The molecule has 1 aliphatic carbocycles. The molecule has 1 aromatic rings. The van der Waals surface area contributed by atoms with Crippen LogP contribution in [0.25, 0.3) is 0 Å². The van der Waals surface area contributed by atoms with Gasteiger partial charge in [0.2, 0.25) is 5.89 Å². The molecule has 0 aliphatic heterocycles. The van der Waals surface area contributed by atoms with Gasteiger partial charge in [0, 0.05) is 12.3 Å². The van der Waals surface area contributed by atoms with Gasteiger partial charge in [-0.15, -0.1) is 0 Å². The van der Waals surface area contributed by atoms with Gasteiger partial charge in [-0.2, -0.15) is 4.98 Å². The summed E-state index contributed by atoms with van der Waals surface area (Å²) >= 11 is 0. The van der Waals surface area contributed by atoms with Crippen LogP contribution in [0.3, 0.4) is 0 Å². The molecule has 1 aliphatic rings. The highest BCUT2D eigenvalue weighted by Gasteiger charge is 2.27. The van der Waals surface area contributed by atoms with Gasteiger partial charge < -0.3 is 4.52 Å². The Morgan fingerprint density at radius 1 is 1.19 bits per heavy atom. The molecule has 21 heavy (non-hydrogen) atoms. The molecule has 0 spiro atoms. The Hall–Kier alpha value is -1.19. The first-order chi connectivity index (χ1) is 9.95. The Labute approximate surface area is 127 Å². The van der Waals surface area contributed by atoms with Crippen molar-refractivity contribution in [2.24, 2.45) is 17.8 Å². The lowest BCUT2D eigenvalue weighted by Crippen LogP contribution is -2.18. The highest BCUT2D eigenvalue weighted by molar-refractivity contribution is 5.80. The molecular weight excluding hydrogens is 264 g/mol. The van der Waals surface area contributed by atoms with Gasteiger partial charge in [-0.25, -0.2) is 0 Å². The first-order valence-corrected chi connectivity index (χ1v) is 8.29. The van der Waals surface area contributed by atoms with Gasteiger partial charge in [-0.05, 0) is 43.4 Å². The molecule has 0 amide bonds. The summed E-state index contributed by atoms with van der Waals surface area (Å²) in [6, 6.07) is 0. The third kappa shape index (κ3) is 4.65. The zero-order chi connectivity index (χ0) is 15.4. The molecule has 0 atom stereocenters. The van der Waals surface area contributed by atoms with E-state index < -0.39 is 0 Å². The molecule has 0 bridgehead atoms. The van der Waals surface area contributed by atoms with Crippen molar-refractivity contribution >= 4 is 5.78 Å². The van der Waals surface area contributed by atoms with Crippen molar-refractivity contribution in [3.05, 3.63) is 11.7 Å². The Morgan fingerprint density at radius 2 is 1.86 bits per heavy atom. The number of Topliss-reactive ketones (excluding diaryl/α,β-unsaturated/α-hetero) is 1. The van der Waals surface area contributed by atoms with Gasteiger partial charge in [0.25, 0.3) is 0 Å². The molecule has 1 heterocycles. The van der Waals surface area contributed by atoms with Crippen molar-refractivity contribution in [3.8, 4) is 0 Å². The predicted molar refractivity (Wildman–Crippen MR) is 82.0 cm³/mol. The highest BCUT2D eigenvalue weighted by atomic mass is 16.5. The van der Waals surface area contributed by atoms with Crippen LogP contribution in [0.5, 0.6) is 0 Å².